The number of hydrogen-bond donors (Lipinski definition) is 1. The van der Waals surface area contributed by atoms with Crippen LogP contribution >= 0.6 is 11.6 Å². The summed E-state index contributed by atoms with van der Waals surface area (Å²) in [6.45, 7) is 0. The van der Waals surface area contributed by atoms with Crippen LogP contribution in [0.3, 0.4) is 0 Å². The van der Waals surface area contributed by atoms with E-state index in [0.29, 0.717) is 5.92 Å². The molecule has 0 radical (unpaired) electrons. The molecule has 0 aromatic heterocycles. The first-order valence-corrected chi connectivity index (χ1v) is 4.09. The Kier molecular flexibility index (Phi) is 1.63. The van der Waals surface area contributed by atoms with Gasteiger partial charge in [0.05, 0.1) is 6.10 Å². The summed E-state index contributed by atoms with van der Waals surface area (Å²) in [7, 11) is 0. The molecule has 0 amide bonds. The van der Waals surface area contributed by atoms with E-state index in [0.717, 1.165) is 17.0 Å². The predicted octanol–water partition coefficient (Wildman–Crippen LogP) is 2.19. The van der Waals surface area contributed by atoms with Gasteiger partial charge in [0.15, 0.2) is 0 Å². The molecule has 1 nitrogen and oxygen atoms in total. The van der Waals surface area contributed by atoms with Crippen LogP contribution in [-0.2, 0) is 0 Å². The summed E-state index contributed by atoms with van der Waals surface area (Å²) in [6, 6.07) is 7.69. The molecular weight excluding hydrogens is 160 g/mol. The van der Waals surface area contributed by atoms with Crippen LogP contribution in [0.4, 0.5) is 0 Å². The minimum atomic E-state index is -0.131. The van der Waals surface area contributed by atoms with E-state index in [2.05, 4.69) is 0 Å². The molecule has 1 N–H and O–H groups in total. The van der Waals surface area contributed by atoms with Gasteiger partial charge in [-0.2, -0.15) is 0 Å². The zero-order valence-electron chi connectivity index (χ0n) is 6.00. The molecule has 0 heterocycles. The molecule has 1 saturated carbocycles. The molecule has 1 aliphatic rings. The minimum absolute atomic E-state index is 0.131. The van der Waals surface area contributed by atoms with Crippen molar-refractivity contribution >= 4 is 11.6 Å². The van der Waals surface area contributed by atoms with Crippen LogP contribution in [0.1, 0.15) is 17.9 Å². The van der Waals surface area contributed by atoms with E-state index in [4.69, 9.17) is 16.7 Å². The Morgan fingerprint density at radius 1 is 1.45 bits per heavy atom. The Balaban J connectivity index is 2.25. The summed E-state index contributed by atoms with van der Waals surface area (Å²) >= 11 is 5.78. The zero-order chi connectivity index (χ0) is 7.84. The first-order chi connectivity index (χ1) is 5.27. The highest BCUT2D eigenvalue weighted by Gasteiger charge is 2.36. The number of hydrogen-bond acceptors (Lipinski definition) is 1. The fourth-order valence-corrected chi connectivity index (χ4v) is 1.48. The van der Waals surface area contributed by atoms with Crippen molar-refractivity contribution in [3.63, 3.8) is 0 Å². The summed E-state index contributed by atoms with van der Waals surface area (Å²) in [5.74, 6) is 0.341. The monoisotopic (exact) mass is 168 g/mol. The molecule has 0 spiro atoms. The van der Waals surface area contributed by atoms with Crippen molar-refractivity contribution < 1.29 is 5.11 Å². The Morgan fingerprint density at radius 2 is 2.18 bits per heavy atom. The van der Waals surface area contributed by atoms with Gasteiger partial charge in [-0.1, -0.05) is 23.7 Å². The van der Waals surface area contributed by atoms with E-state index in [9.17, 15) is 0 Å². The summed E-state index contributed by atoms with van der Waals surface area (Å²) in [6.07, 6.45) is 0.758. The maximum absolute atomic E-state index is 9.13. The molecule has 11 heavy (non-hydrogen) atoms. The van der Waals surface area contributed by atoms with E-state index in [1.54, 1.807) is 0 Å². The zero-order valence-corrected chi connectivity index (χ0v) is 6.75. The van der Waals surface area contributed by atoms with Gasteiger partial charge in [0.25, 0.3) is 0 Å². The minimum Gasteiger partial charge on any atom is -0.392 e. The Bertz CT molecular complexity index is 272. The first-order valence-electron chi connectivity index (χ1n) is 3.71. The molecular formula is C9H9ClO. The third-order valence-corrected chi connectivity index (χ3v) is 2.27. The first kappa shape index (κ1) is 7.14. The van der Waals surface area contributed by atoms with Crippen molar-refractivity contribution in [1.82, 2.24) is 0 Å². The van der Waals surface area contributed by atoms with Crippen molar-refractivity contribution in [2.24, 2.45) is 0 Å². The van der Waals surface area contributed by atoms with Crippen LogP contribution in [-0.4, -0.2) is 11.2 Å². The van der Waals surface area contributed by atoms with Crippen molar-refractivity contribution in [3.05, 3.63) is 34.9 Å². The van der Waals surface area contributed by atoms with Crippen molar-refractivity contribution in [1.29, 1.82) is 0 Å². The lowest BCUT2D eigenvalue weighted by atomic mass is 10.1. The molecule has 0 saturated heterocycles. The van der Waals surface area contributed by atoms with Gasteiger partial charge in [-0.3, -0.25) is 0 Å². The van der Waals surface area contributed by atoms with Gasteiger partial charge in [-0.05, 0) is 24.1 Å². The third-order valence-electron chi connectivity index (χ3n) is 2.03. The molecule has 2 heteroatoms. The summed E-state index contributed by atoms with van der Waals surface area (Å²) in [4.78, 5) is 0. The van der Waals surface area contributed by atoms with E-state index < -0.39 is 0 Å². The third kappa shape index (κ3) is 1.39. The van der Waals surface area contributed by atoms with E-state index in [1.807, 2.05) is 24.3 Å². The fraction of sp³-hybridized carbons (Fsp3) is 0.333. The fourth-order valence-electron chi connectivity index (χ4n) is 1.28. The number of halogens is 1. The normalized spacial score (nSPS) is 28.5. The Hall–Kier alpha value is -0.530. The topological polar surface area (TPSA) is 20.2 Å². The van der Waals surface area contributed by atoms with Gasteiger partial charge in [-0.25, -0.2) is 0 Å². The summed E-state index contributed by atoms with van der Waals surface area (Å²) in [5, 5.41) is 9.88. The van der Waals surface area contributed by atoms with Crippen LogP contribution in [0.25, 0.3) is 0 Å². The quantitative estimate of drug-likeness (QED) is 0.682. The molecule has 2 rings (SSSR count). The van der Waals surface area contributed by atoms with Crippen LogP contribution in [0.5, 0.6) is 0 Å². The average molecular weight is 169 g/mol. The van der Waals surface area contributed by atoms with E-state index >= 15 is 0 Å². The number of aliphatic hydroxyl groups is 1. The summed E-state index contributed by atoms with van der Waals surface area (Å²) in [5.41, 5.74) is 1.16. The molecule has 1 fully saturated rings. The van der Waals surface area contributed by atoms with Gasteiger partial charge < -0.3 is 5.11 Å². The van der Waals surface area contributed by atoms with Crippen LogP contribution in [0, 0.1) is 0 Å². The second-order valence-electron chi connectivity index (χ2n) is 2.96. The van der Waals surface area contributed by atoms with E-state index in [-0.39, 0.29) is 6.10 Å². The molecule has 2 unspecified atom stereocenters. The van der Waals surface area contributed by atoms with Gasteiger partial charge in [0.2, 0.25) is 0 Å². The highest BCUT2D eigenvalue weighted by molar-refractivity contribution is 6.30. The molecule has 1 aromatic carbocycles. The predicted molar refractivity (Wildman–Crippen MR) is 44.8 cm³/mol. The molecule has 0 bridgehead atoms. The lowest BCUT2D eigenvalue weighted by Crippen LogP contribution is -1.84. The van der Waals surface area contributed by atoms with E-state index in [1.165, 1.54) is 0 Å². The smallest absolute Gasteiger partial charge is 0.0616 e. The summed E-state index contributed by atoms with van der Waals surface area (Å²) < 4.78 is 0. The van der Waals surface area contributed by atoms with Crippen LogP contribution in [0.15, 0.2) is 24.3 Å². The maximum Gasteiger partial charge on any atom is 0.0616 e. The number of aliphatic hydroxyl groups excluding tert-OH is 1. The number of rotatable bonds is 1. The van der Waals surface area contributed by atoms with Gasteiger partial charge in [0.1, 0.15) is 0 Å². The SMILES string of the molecule is OC1CC1c1cccc(Cl)c1. The standard InChI is InChI=1S/C9H9ClO/c10-7-3-1-2-6(4-7)8-5-9(8)11/h1-4,8-9,11H,5H2. The van der Waals surface area contributed by atoms with Gasteiger partial charge in [0, 0.05) is 10.9 Å². The van der Waals surface area contributed by atoms with Crippen LogP contribution in [0.2, 0.25) is 5.02 Å². The Labute approximate surface area is 70.6 Å². The molecule has 1 aliphatic carbocycles. The number of benzene rings is 1. The maximum atomic E-state index is 9.13. The van der Waals surface area contributed by atoms with Crippen LogP contribution < -0.4 is 0 Å². The van der Waals surface area contributed by atoms with Gasteiger partial charge in [-0.15, -0.1) is 0 Å². The largest absolute Gasteiger partial charge is 0.392 e. The van der Waals surface area contributed by atoms with Crippen molar-refractivity contribution in [3.8, 4) is 0 Å². The van der Waals surface area contributed by atoms with Crippen molar-refractivity contribution in [2.45, 2.75) is 18.4 Å². The highest BCUT2D eigenvalue weighted by atomic mass is 35.5. The molecule has 0 aliphatic heterocycles. The molecule has 1 aromatic rings. The molecule has 58 valence electrons. The lowest BCUT2D eigenvalue weighted by molar-refractivity contribution is 0.272. The van der Waals surface area contributed by atoms with Gasteiger partial charge >= 0.3 is 0 Å². The second kappa shape index (κ2) is 2.50. The van der Waals surface area contributed by atoms with Crippen molar-refractivity contribution in [2.75, 3.05) is 0 Å². The second-order valence-corrected chi connectivity index (χ2v) is 3.40. The highest BCUT2D eigenvalue weighted by Crippen LogP contribution is 2.40. The molecule has 2 atom stereocenters. The average Bonchev–Trinajstić information content (AvgIpc) is 2.67. The Morgan fingerprint density at radius 3 is 2.73 bits per heavy atom. The lowest BCUT2D eigenvalue weighted by Gasteiger charge is -1.96.